The predicted octanol–water partition coefficient (Wildman–Crippen LogP) is 3.44. The number of carbonyl (C=O) groups is 3. The molecule has 7 rings (SSSR count). The third-order valence-corrected chi connectivity index (χ3v) is 12.7. The Labute approximate surface area is 307 Å². The molecule has 0 spiro atoms. The Balaban J connectivity index is 1.31. The summed E-state index contributed by atoms with van der Waals surface area (Å²) in [5, 5.41) is 28.9. The molecule has 4 N–H and O–H groups in total. The fourth-order valence-electron chi connectivity index (χ4n) is 9.59. The number of likely N-dealkylation sites (tertiary alicyclic amines) is 1. The number of ether oxygens (including phenoxy) is 1. The lowest BCUT2D eigenvalue weighted by atomic mass is 9.45. The van der Waals surface area contributed by atoms with Gasteiger partial charge < -0.3 is 35.4 Å². The number of hydrogen-bond acceptors (Lipinski definition) is 9. The average molecular weight is 720 g/mol. The lowest BCUT2D eigenvalue weighted by molar-refractivity contribution is -0.183. The molecular formula is C40H57N5O7. The maximum Gasteiger partial charge on any atom is 0.254 e. The van der Waals surface area contributed by atoms with E-state index in [1.54, 1.807) is 31.0 Å². The van der Waals surface area contributed by atoms with E-state index >= 15 is 0 Å². The molecule has 2 aromatic rings. The smallest absolute Gasteiger partial charge is 0.254 e. The number of nitrogens with zero attached hydrogens (tertiary/aromatic N) is 3. The summed E-state index contributed by atoms with van der Waals surface area (Å²) in [5.74, 6) is 0.734. The Bertz CT molecular complexity index is 1660. The van der Waals surface area contributed by atoms with Gasteiger partial charge >= 0.3 is 0 Å². The highest BCUT2D eigenvalue weighted by atomic mass is 16.7. The Morgan fingerprint density at radius 2 is 1.88 bits per heavy atom. The number of likely N-dealkylation sites (N-methyl/N-ethyl adjacent to an activating group) is 1. The third kappa shape index (κ3) is 6.79. The molecule has 3 amide bonds. The van der Waals surface area contributed by atoms with Gasteiger partial charge in [0.2, 0.25) is 11.8 Å². The van der Waals surface area contributed by atoms with Crippen molar-refractivity contribution >= 4 is 23.4 Å². The maximum absolute atomic E-state index is 14.2. The van der Waals surface area contributed by atoms with Crippen LogP contribution in [0.3, 0.4) is 0 Å². The van der Waals surface area contributed by atoms with Crippen LogP contribution in [-0.2, 0) is 21.0 Å². The van der Waals surface area contributed by atoms with Gasteiger partial charge in [-0.2, -0.15) is 5.06 Å². The zero-order chi connectivity index (χ0) is 37.6. The first-order chi connectivity index (χ1) is 24.7. The van der Waals surface area contributed by atoms with Crippen molar-refractivity contribution < 1.29 is 34.2 Å². The molecule has 1 unspecified atom stereocenters. The molecule has 5 fully saturated rings. The van der Waals surface area contributed by atoms with Crippen molar-refractivity contribution in [3.8, 4) is 16.9 Å². The van der Waals surface area contributed by atoms with E-state index < -0.39 is 30.2 Å². The summed E-state index contributed by atoms with van der Waals surface area (Å²) in [6.45, 7) is 8.82. The Morgan fingerprint density at radius 1 is 1.13 bits per heavy atom. The largest absolute Gasteiger partial charge is 0.496 e. The summed E-state index contributed by atoms with van der Waals surface area (Å²) in [7, 11) is 7.00. The van der Waals surface area contributed by atoms with Crippen molar-refractivity contribution in [3.05, 3.63) is 47.5 Å². The standard InChI is InChI=1S/C40H57N5O7/c1-22-30-18-27(40(30,3)4)19-31(22)42-38(49)35-34(23(2)47)33(21-46)52-45(35)20-24-11-9-12-29(36(24)51-8)25-15-26(17-28(16-25)43(6)7)39(50)44-14-10-13-32(44)37(48)41-5/h9,11-12,15-17,22-23,27,30-35,46-47H,10,13-14,18-21H2,1-8H3,(H,41,48)(H,42,49)/t22-,23-,27+,30-,31?,32-,33-,34+,35-/m0/s1. The number of benzene rings is 2. The number of hydroxylamine groups is 2. The van der Waals surface area contributed by atoms with Crippen molar-refractivity contribution in [3.63, 3.8) is 0 Å². The van der Waals surface area contributed by atoms with Gasteiger partial charge in [-0.05, 0) is 79.5 Å². The number of rotatable bonds is 11. The van der Waals surface area contributed by atoms with E-state index in [2.05, 4.69) is 31.4 Å². The first kappa shape index (κ1) is 38.0. The molecule has 0 aromatic heterocycles. The minimum absolute atomic E-state index is 0.0277. The number of amides is 3. The lowest BCUT2D eigenvalue weighted by Gasteiger charge is -2.62. The Hall–Kier alpha value is -3.71. The minimum Gasteiger partial charge on any atom is -0.496 e. The van der Waals surface area contributed by atoms with E-state index in [0.29, 0.717) is 42.0 Å². The van der Waals surface area contributed by atoms with Gasteiger partial charge in [-0.25, -0.2) is 0 Å². The molecule has 284 valence electrons. The summed E-state index contributed by atoms with van der Waals surface area (Å²) in [6, 6.07) is 10.1. The van der Waals surface area contributed by atoms with E-state index in [1.165, 1.54) is 6.42 Å². The van der Waals surface area contributed by atoms with E-state index in [0.717, 1.165) is 35.2 Å². The highest BCUT2D eigenvalue weighted by molar-refractivity contribution is 6.00. The van der Waals surface area contributed by atoms with Crippen LogP contribution in [0.2, 0.25) is 0 Å². The molecule has 5 aliphatic rings. The molecule has 2 heterocycles. The van der Waals surface area contributed by atoms with E-state index in [9.17, 15) is 24.6 Å². The molecule has 2 bridgehead atoms. The van der Waals surface area contributed by atoms with Gasteiger partial charge in [-0.1, -0.05) is 39.0 Å². The first-order valence-corrected chi connectivity index (χ1v) is 18.8. The number of aliphatic hydroxyl groups is 2. The highest BCUT2D eigenvalue weighted by Gasteiger charge is 2.57. The molecule has 52 heavy (non-hydrogen) atoms. The molecule has 0 radical (unpaired) electrons. The van der Waals surface area contributed by atoms with Crippen LogP contribution in [-0.4, -0.2) is 110 Å². The zero-order valence-electron chi connectivity index (χ0n) is 31.9. The van der Waals surface area contributed by atoms with E-state index in [-0.39, 0.29) is 42.3 Å². The second-order valence-corrected chi connectivity index (χ2v) is 16.2. The molecule has 3 aliphatic carbocycles. The average Bonchev–Trinajstić information content (AvgIpc) is 3.76. The molecule has 12 heteroatoms. The fraction of sp³-hybridized carbons (Fsp3) is 0.625. The number of hydrogen-bond donors (Lipinski definition) is 4. The van der Waals surface area contributed by atoms with Crippen LogP contribution in [0.5, 0.6) is 5.75 Å². The van der Waals surface area contributed by atoms with Gasteiger partial charge in [0.15, 0.2) is 0 Å². The molecule has 12 nitrogen and oxygen atoms in total. The predicted molar refractivity (Wildman–Crippen MR) is 198 cm³/mol. The fourth-order valence-corrected chi connectivity index (χ4v) is 9.59. The van der Waals surface area contributed by atoms with Gasteiger partial charge in [-0.3, -0.25) is 19.2 Å². The second-order valence-electron chi connectivity index (χ2n) is 16.2. The van der Waals surface area contributed by atoms with Crippen LogP contribution >= 0.6 is 0 Å². The van der Waals surface area contributed by atoms with Crippen molar-refractivity contribution in [1.29, 1.82) is 0 Å². The summed E-state index contributed by atoms with van der Waals surface area (Å²) in [6.07, 6.45) is 1.80. The summed E-state index contributed by atoms with van der Waals surface area (Å²) in [5.41, 5.74) is 3.78. The number of anilines is 1. The Kier molecular flexibility index (Phi) is 10.9. The van der Waals surface area contributed by atoms with Crippen LogP contribution in [0, 0.1) is 29.1 Å². The molecule has 9 atom stereocenters. The number of para-hydroxylation sites is 1. The summed E-state index contributed by atoms with van der Waals surface area (Å²) in [4.78, 5) is 50.6. The quantitative estimate of drug-likeness (QED) is 0.275. The molecule has 2 aliphatic heterocycles. The molecular weight excluding hydrogens is 662 g/mol. The molecule has 3 saturated carbocycles. The van der Waals surface area contributed by atoms with Crippen molar-refractivity contribution in [2.75, 3.05) is 46.3 Å². The van der Waals surface area contributed by atoms with E-state index in [4.69, 9.17) is 9.57 Å². The summed E-state index contributed by atoms with van der Waals surface area (Å²) >= 11 is 0. The SMILES string of the molecule is CNC(=O)[C@@H]1CCCN1C(=O)c1cc(-c2cccc(CN3O[C@@H](CO)[C@@H]([C@H](C)O)[C@H]3C(=O)NC3C[C@H]4C[C@@H]([C@@H]3C)C4(C)C)c2OC)cc(N(C)C)c1. The minimum atomic E-state index is -0.911. The highest BCUT2D eigenvalue weighted by Crippen LogP contribution is 2.61. The third-order valence-electron chi connectivity index (χ3n) is 12.7. The second kappa shape index (κ2) is 15.0. The zero-order valence-corrected chi connectivity index (χ0v) is 31.9. The van der Waals surface area contributed by atoms with Crippen LogP contribution < -0.4 is 20.3 Å². The van der Waals surface area contributed by atoms with Crippen LogP contribution in [0.4, 0.5) is 5.69 Å². The number of nitrogens with one attached hydrogen (secondary N) is 2. The van der Waals surface area contributed by atoms with Gasteiger partial charge in [0.25, 0.3) is 5.91 Å². The normalized spacial score (nSPS) is 30.0. The number of aliphatic hydroxyl groups excluding tert-OH is 2. The summed E-state index contributed by atoms with van der Waals surface area (Å²) < 4.78 is 6.06. The number of carbonyl (C=O) groups excluding carboxylic acids is 3. The van der Waals surface area contributed by atoms with Crippen molar-refractivity contribution in [2.45, 2.75) is 90.3 Å². The van der Waals surface area contributed by atoms with Gasteiger partial charge in [0.05, 0.1) is 26.4 Å². The van der Waals surface area contributed by atoms with Crippen LogP contribution in [0.15, 0.2) is 36.4 Å². The van der Waals surface area contributed by atoms with Crippen molar-refractivity contribution in [1.82, 2.24) is 20.6 Å². The van der Waals surface area contributed by atoms with Crippen LogP contribution in [0.25, 0.3) is 11.1 Å². The van der Waals surface area contributed by atoms with Crippen molar-refractivity contribution in [2.24, 2.45) is 29.1 Å². The topological polar surface area (TPSA) is 144 Å². The monoisotopic (exact) mass is 719 g/mol. The first-order valence-electron chi connectivity index (χ1n) is 18.8. The van der Waals surface area contributed by atoms with Gasteiger partial charge in [-0.15, -0.1) is 0 Å². The number of methoxy groups -OCH3 is 1. The lowest BCUT2D eigenvalue weighted by Crippen LogP contribution is -2.62. The maximum atomic E-state index is 14.2. The number of fused-ring (bicyclic) bond motifs is 2. The van der Waals surface area contributed by atoms with Gasteiger partial charge in [0.1, 0.15) is 23.9 Å². The van der Waals surface area contributed by atoms with Crippen LogP contribution in [0.1, 0.15) is 69.3 Å². The molecule has 2 saturated heterocycles. The Morgan fingerprint density at radius 3 is 2.50 bits per heavy atom. The van der Waals surface area contributed by atoms with E-state index in [1.807, 2.05) is 55.4 Å². The molecule has 2 aromatic carbocycles. The van der Waals surface area contributed by atoms with Gasteiger partial charge in [0, 0.05) is 62.0 Å².